The second-order valence-corrected chi connectivity index (χ2v) is 8.36. The Morgan fingerprint density at radius 1 is 0.938 bits per heavy atom. The van der Waals surface area contributed by atoms with E-state index in [0.29, 0.717) is 5.82 Å². The van der Waals surface area contributed by atoms with Crippen LogP contribution in [0.1, 0.15) is 0 Å². The van der Waals surface area contributed by atoms with Gasteiger partial charge in [0.15, 0.2) is 0 Å². The topological polar surface area (TPSA) is 94.1 Å². The van der Waals surface area contributed by atoms with Crippen molar-refractivity contribution in [1.82, 2.24) is 24.8 Å². The van der Waals surface area contributed by atoms with Gasteiger partial charge in [-0.15, -0.1) is 10.2 Å². The summed E-state index contributed by atoms with van der Waals surface area (Å²) in [7, 11) is 1.67. The van der Waals surface area contributed by atoms with Crippen LogP contribution in [-0.2, 0) is 0 Å². The van der Waals surface area contributed by atoms with E-state index in [0.717, 1.165) is 54.7 Å². The van der Waals surface area contributed by atoms with Gasteiger partial charge in [-0.1, -0.05) is 41.7 Å². The first-order valence-electron chi connectivity index (χ1n) is 10.0. The third-order valence-corrected chi connectivity index (χ3v) is 6.39. The van der Waals surface area contributed by atoms with Crippen molar-refractivity contribution < 1.29 is 4.74 Å². The number of ether oxygens (including phenoxy) is 1. The SMILES string of the molecule is COc1ccc2[nH]c(-c3nnc4sc(-c5ccc(N)cc5)nn34)c(-c3ccccc3)c2c1. The molecule has 8 heteroatoms. The summed E-state index contributed by atoms with van der Waals surface area (Å²) in [6, 6.07) is 23.9. The highest BCUT2D eigenvalue weighted by Gasteiger charge is 2.22. The fourth-order valence-electron chi connectivity index (χ4n) is 3.89. The number of H-pyrrole nitrogens is 1. The van der Waals surface area contributed by atoms with Crippen LogP contribution in [0.15, 0.2) is 72.8 Å². The Kier molecular flexibility index (Phi) is 4.19. The number of rotatable bonds is 4. The molecule has 0 aliphatic heterocycles. The number of nitrogens with zero attached hydrogens (tertiary/aromatic N) is 4. The fourth-order valence-corrected chi connectivity index (χ4v) is 4.73. The van der Waals surface area contributed by atoms with Gasteiger partial charge in [-0.25, -0.2) is 0 Å². The van der Waals surface area contributed by atoms with Crippen LogP contribution in [0.3, 0.4) is 0 Å². The van der Waals surface area contributed by atoms with E-state index in [1.54, 1.807) is 11.6 Å². The monoisotopic (exact) mass is 438 g/mol. The molecule has 0 spiro atoms. The van der Waals surface area contributed by atoms with Gasteiger partial charge < -0.3 is 15.5 Å². The van der Waals surface area contributed by atoms with Crippen molar-refractivity contribution in [3.05, 3.63) is 72.8 Å². The molecule has 0 aliphatic rings. The zero-order valence-corrected chi connectivity index (χ0v) is 17.9. The Balaban J connectivity index is 1.59. The number of nitrogens with one attached hydrogen (secondary N) is 1. The van der Waals surface area contributed by atoms with Gasteiger partial charge in [-0.3, -0.25) is 0 Å². The predicted molar refractivity (Wildman–Crippen MR) is 128 cm³/mol. The first-order valence-corrected chi connectivity index (χ1v) is 10.9. The number of aromatic amines is 1. The standard InChI is InChI=1S/C24H18N6OS/c1-31-17-11-12-19-18(13-17)20(14-5-3-2-4-6-14)21(26-19)22-27-28-24-30(22)29-23(32-24)15-7-9-16(25)10-8-15/h2-13,26H,25H2,1H3. The van der Waals surface area contributed by atoms with Crippen LogP contribution in [0.2, 0.25) is 0 Å². The van der Waals surface area contributed by atoms with E-state index >= 15 is 0 Å². The highest BCUT2D eigenvalue weighted by Crippen LogP contribution is 2.39. The number of methoxy groups -OCH3 is 1. The summed E-state index contributed by atoms with van der Waals surface area (Å²) in [5.41, 5.74) is 11.5. The number of benzene rings is 3. The van der Waals surface area contributed by atoms with Gasteiger partial charge in [0.2, 0.25) is 10.8 Å². The second-order valence-electron chi connectivity index (χ2n) is 7.40. The third kappa shape index (κ3) is 2.92. The lowest BCUT2D eigenvalue weighted by molar-refractivity contribution is 0.415. The van der Waals surface area contributed by atoms with Gasteiger partial charge >= 0.3 is 0 Å². The fraction of sp³-hybridized carbons (Fsp3) is 0.0417. The molecule has 3 aromatic heterocycles. The highest BCUT2D eigenvalue weighted by atomic mass is 32.1. The Hall–Kier alpha value is -4.17. The zero-order valence-electron chi connectivity index (χ0n) is 17.1. The largest absolute Gasteiger partial charge is 0.497 e. The number of hydrogen-bond donors (Lipinski definition) is 2. The van der Waals surface area contributed by atoms with Gasteiger partial charge in [0.25, 0.3) is 0 Å². The van der Waals surface area contributed by atoms with Crippen molar-refractivity contribution in [1.29, 1.82) is 0 Å². The number of nitrogens with two attached hydrogens (primary N) is 1. The van der Waals surface area contributed by atoms with E-state index in [-0.39, 0.29) is 0 Å². The van der Waals surface area contributed by atoms with Crippen LogP contribution in [0.25, 0.3) is 49.1 Å². The third-order valence-electron chi connectivity index (χ3n) is 5.44. The minimum atomic E-state index is 0.659. The molecule has 32 heavy (non-hydrogen) atoms. The van der Waals surface area contributed by atoms with Crippen LogP contribution >= 0.6 is 11.3 Å². The maximum atomic E-state index is 5.83. The maximum Gasteiger partial charge on any atom is 0.235 e. The minimum Gasteiger partial charge on any atom is -0.497 e. The molecule has 3 heterocycles. The van der Waals surface area contributed by atoms with Crippen molar-refractivity contribution in [2.24, 2.45) is 0 Å². The molecule has 0 unspecified atom stereocenters. The van der Waals surface area contributed by atoms with E-state index in [9.17, 15) is 0 Å². The van der Waals surface area contributed by atoms with Crippen molar-refractivity contribution in [3.63, 3.8) is 0 Å². The number of hydrogen-bond acceptors (Lipinski definition) is 6. The zero-order chi connectivity index (χ0) is 21.7. The molecular formula is C24H18N6OS. The molecule has 3 N–H and O–H groups in total. The minimum absolute atomic E-state index is 0.659. The van der Waals surface area contributed by atoms with E-state index in [1.165, 1.54) is 11.3 Å². The van der Waals surface area contributed by atoms with Crippen LogP contribution in [0, 0.1) is 0 Å². The molecule has 6 rings (SSSR count). The molecule has 0 saturated carbocycles. The van der Waals surface area contributed by atoms with Crippen molar-refractivity contribution in [2.45, 2.75) is 0 Å². The molecule has 7 nitrogen and oxygen atoms in total. The molecule has 0 saturated heterocycles. The van der Waals surface area contributed by atoms with Crippen LogP contribution in [-0.4, -0.2) is 31.9 Å². The molecule has 6 aromatic rings. The summed E-state index contributed by atoms with van der Waals surface area (Å²) in [6.07, 6.45) is 0. The normalized spacial score (nSPS) is 11.4. The lowest BCUT2D eigenvalue weighted by Crippen LogP contribution is -1.93. The molecule has 156 valence electrons. The summed E-state index contributed by atoms with van der Waals surface area (Å²) >= 11 is 1.49. The lowest BCUT2D eigenvalue weighted by atomic mass is 10.0. The van der Waals surface area contributed by atoms with E-state index in [2.05, 4.69) is 27.3 Å². The number of nitrogen functional groups attached to an aromatic ring is 1. The number of aromatic nitrogens is 5. The van der Waals surface area contributed by atoms with Crippen molar-refractivity contribution >= 4 is 32.9 Å². The molecule has 0 fully saturated rings. The quantitative estimate of drug-likeness (QED) is 0.366. The van der Waals surface area contributed by atoms with Gasteiger partial charge in [0.05, 0.1) is 12.8 Å². The molecule has 0 bridgehead atoms. The molecule has 0 amide bonds. The smallest absolute Gasteiger partial charge is 0.235 e. The Bertz CT molecular complexity index is 1560. The molecule has 0 atom stereocenters. The molecule has 0 radical (unpaired) electrons. The van der Waals surface area contributed by atoms with E-state index in [4.69, 9.17) is 15.6 Å². The first kappa shape index (κ1) is 18.6. The summed E-state index contributed by atoms with van der Waals surface area (Å²) in [6.45, 7) is 0. The summed E-state index contributed by atoms with van der Waals surface area (Å²) < 4.78 is 7.27. The van der Waals surface area contributed by atoms with Crippen LogP contribution < -0.4 is 10.5 Å². The maximum absolute atomic E-state index is 5.83. The molecular weight excluding hydrogens is 420 g/mol. The highest BCUT2D eigenvalue weighted by molar-refractivity contribution is 7.19. The average Bonchev–Trinajstić information content (AvgIpc) is 3.52. The van der Waals surface area contributed by atoms with Gasteiger partial charge in [-0.2, -0.15) is 9.61 Å². The van der Waals surface area contributed by atoms with E-state index < -0.39 is 0 Å². The first-order chi connectivity index (χ1) is 15.7. The lowest BCUT2D eigenvalue weighted by Gasteiger charge is -2.04. The summed E-state index contributed by atoms with van der Waals surface area (Å²) in [5, 5.41) is 15.6. The Morgan fingerprint density at radius 3 is 2.53 bits per heavy atom. The summed E-state index contributed by atoms with van der Waals surface area (Å²) in [5.74, 6) is 1.46. The Morgan fingerprint density at radius 2 is 1.75 bits per heavy atom. The average molecular weight is 439 g/mol. The van der Waals surface area contributed by atoms with E-state index in [1.807, 2.05) is 60.7 Å². The van der Waals surface area contributed by atoms with Crippen LogP contribution in [0.5, 0.6) is 5.75 Å². The van der Waals surface area contributed by atoms with Gasteiger partial charge in [0.1, 0.15) is 10.8 Å². The number of anilines is 1. The second kappa shape index (κ2) is 7.21. The molecule has 0 aliphatic carbocycles. The summed E-state index contributed by atoms with van der Waals surface area (Å²) in [4.78, 5) is 4.26. The van der Waals surface area contributed by atoms with Crippen molar-refractivity contribution in [3.8, 4) is 39.0 Å². The number of fused-ring (bicyclic) bond motifs is 2. The predicted octanol–water partition coefficient (Wildman–Crippen LogP) is 5.26. The van der Waals surface area contributed by atoms with Gasteiger partial charge in [-0.05, 0) is 48.0 Å². The Labute approximate surface area is 187 Å². The van der Waals surface area contributed by atoms with Gasteiger partial charge in [0, 0.05) is 27.7 Å². The van der Waals surface area contributed by atoms with Crippen LogP contribution in [0.4, 0.5) is 5.69 Å². The van der Waals surface area contributed by atoms with Crippen molar-refractivity contribution in [2.75, 3.05) is 12.8 Å². The molecule has 3 aromatic carbocycles.